The third kappa shape index (κ3) is 22.6. The highest BCUT2D eigenvalue weighted by Crippen LogP contribution is 2.16. The average Bonchev–Trinajstić information content (AvgIpc) is 2.79. The molecule has 0 aliphatic heterocycles. The number of allylic oxidation sites excluding steroid dienone is 13. The van der Waals surface area contributed by atoms with E-state index in [4.69, 9.17) is 5.11 Å². The van der Waals surface area contributed by atoms with E-state index in [9.17, 15) is 0 Å². The fraction of sp³-hybridized carbons (Fsp3) is 0.600. The van der Waals surface area contributed by atoms with Gasteiger partial charge in [0.1, 0.15) is 0 Å². The maximum Gasteiger partial charge on any atom is 0.0614 e. The first-order valence-corrected chi connectivity index (χ1v) is 14.3. The molecule has 0 aromatic carbocycles. The van der Waals surface area contributed by atoms with E-state index < -0.39 is 0 Å². The van der Waals surface area contributed by atoms with E-state index in [1.165, 1.54) is 77.5 Å². The summed E-state index contributed by atoms with van der Waals surface area (Å²) < 4.78 is 0. The Morgan fingerprint density at radius 3 is 0.806 bits per heavy atom. The van der Waals surface area contributed by atoms with Crippen molar-refractivity contribution in [2.45, 2.75) is 132 Å². The molecule has 0 aromatic rings. The lowest BCUT2D eigenvalue weighted by atomic mass is 10.0. The highest BCUT2D eigenvalue weighted by atomic mass is 16.2. The molecule has 0 amide bonds. The van der Waals surface area contributed by atoms with Crippen molar-refractivity contribution in [1.82, 2.24) is 0 Å². The molecule has 36 heavy (non-hydrogen) atoms. The summed E-state index contributed by atoms with van der Waals surface area (Å²) in [5, 5.41) is 8.93. The van der Waals surface area contributed by atoms with Crippen LogP contribution in [0.2, 0.25) is 0 Å². The SMILES string of the molecule is CC(C)=CCC/C(C)=C/CC/C(C)=C/CC/C(C)=C\CC/C(C)=C\CC/C(C)=C\CC/C(C)=C\CO. The Kier molecular flexibility index (Phi) is 21.2. The maximum atomic E-state index is 8.93. The van der Waals surface area contributed by atoms with Crippen LogP contribution in [0.15, 0.2) is 81.5 Å². The average molecular weight is 495 g/mol. The summed E-state index contributed by atoms with van der Waals surface area (Å²) >= 11 is 0. The second-order valence-electron chi connectivity index (χ2n) is 11.0. The van der Waals surface area contributed by atoms with Crippen molar-refractivity contribution in [1.29, 1.82) is 0 Å². The van der Waals surface area contributed by atoms with Crippen LogP contribution in [0.3, 0.4) is 0 Å². The first-order valence-electron chi connectivity index (χ1n) is 14.3. The molecule has 0 rings (SSSR count). The van der Waals surface area contributed by atoms with Crippen LogP contribution in [0, 0.1) is 0 Å². The Hall–Kier alpha value is -1.86. The quantitative estimate of drug-likeness (QED) is 0.177. The Labute approximate surface area is 225 Å². The molecule has 0 spiro atoms. The van der Waals surface area contributed by atoms with E-state index in [0.717, 1.165) is 38.5 Å². The van der Waals surface area contributed by atoms with Gasteiger partial charge in [0.25, 0.3) is 0 Å². The monoisotopic (exact) mass is 494 g/mol. The van der Waals surface area contributed by atoms with Crippen LogP contribution in [0.5, 0.6) is 0 Å². The molecule has 0 aliphatic rings. The molecule has 1 nitrogen and oxygen atoms in total. The fourth-order valence-electron chi connectivity index (χ4n) is 4.09. The van der Waals surface area contributed by atoms with Gasteiger partial charge in [-0.05, 0) is 132 Å². The summed E-state index contributed by atoms with van der Waals surface area (Å²) in [6, 6.07) is 0. The second kappa shape index (κ2) is 22.3. The van der Waals surface area contributed by atoms with E-state index in [1.54, 1.807) is 0 Å². The van der Waals surface area contributed by atoms with Gasteiger partial charge in [-0.2, -0.15) is 0 Å². The molecule has 0 heterocycles. The lowest BCUT2D eigenvalue weighted by Crippen LogP contribution is -1.84. The minimum absolute atomic E-state index is 0.152. The van der Waals surface area contributed by atoms with Gasteiger partial charge in [0.15, 0.2) is 0 Å². The van der Waals surface area contributed by atoms with Crippen LogP contribution >= 0.6 is 0 Å². The molecule has 0 unspecified atom stereocenters. The molecule has 0 saturated heterocycles. The van der Waals surface area contributed by atoms with Crippen molar-refractivity contribution < 1.29 is 5.11 Å². The predicted molar refractivity (Wildman–Crippen MR) is 164 cm³/mol. The molecule has 0 bridgehead atoms. The van der Waals surface area contributed by atoms with Crippen LogP contribution in [-0.2, 0) is 0 Å². The van der Waals surface area contributed by atoms with Gasteiger partial charge in [-0.15, -0.1) is 0 Å². The molecule has 0 radical (unpaired) electrons. The van der Waals surface area contributed by atoms with Gasteiger partial charge in [-0.1, -0.05) is 81.5 Å². The number of hydrogen-bond donors (Lipinski definition) is 1. The number of aliphatic hydroxyl groups is 1. The van der Waals surface area contributed by atoms with Gasteiger partial charge in [0.05, 0.1) is 6.61 Å². The Morgan fingerprint density at radius 2 is 0.583 bits per heavy atom. The highest BCUT2D eigenvalue weighted by molar-refractivity contribution is 5.09. The van der Waals surface area contributed by atoms with Crippen LogP contribution in [0.25, 0.3) is 0 Å². The molecule has 1 N–H and O–H groups in total. The van der Waals surface area contributed by atoms with Gasteiger partial charge in [0.2, 0.25) is 0 Å². The standard InChI is InChI=1S/C35H58O/c1-29(2)15-9-16-30(3)17-10-18-31(4)19-11-20-32(5)21-12-22-33(6)23-13-24-34(7)25-14-26-35(8)27-28-36/h15,17,19,21,23,25,27,36H,9-14,16,18,20,22,24,26,28H2,1-8H3/b30-17+,31-19+,32-21-,33-23-,34-25-,35-27-. The van der Waals surface area contributed by atoms with E-state index in [1.807, 2.05) is 6.08 Å². The van der Waals surface area contributed by atoms with Gasteiger partial charge >= 0.3 is 0 Å². The molecule has 0 aromatic heterocycles. The zero-order valence-electron chi connectivity index (χ0n) is 25.2. The largest absolute Gasteiger partial charge is 0.392 e. The second-order valence-corrected chi connectivity index (χ2v) is 11.0. The molecule has 0 aliphatic carbocycles. The van der Waals surface area contributed by atoms with Crippen LogP contribution in [0.1, 0.15) is 132 Å². The zero-order chi connectivity index (χ0) is 27.2. The molecular formula is C35H58O. The Morgan fingerprint density at radius 1 is 0.361 bits per heavy atom. The lowest BCUT2D eigenvalue weighted by Gasteiger charge is -2.04. The minimum Gasteiger partial charge on any atom is -0.392 e. The first kappa shape index (κ1) is 34.1. The summed E-state index contributed by atoms with van der Waals surface area (Å²) in [7, 11) is 0. The van der Waals surface area contributed by atoms with Crippen molar-refractivity contribution in [3.05, 3.63) is 81.5 Å². The number of aliphatic hydroxyl groups excluding tert-OH is 1. The number of rotatable bonds is 19. The first-order chi connectivity index (χ1) is 17.1. The van der Waals surface area contributed by atoms with Crippen molar-refractivity contribution in [2.75, 3.05) is 6.61 Å². The summed E-state index contributed by atoms with van der Waals surface area (Å²) in [5.41, 5.74) is 10.2. The van der Waals surface area contributed by atoms with Crippen LogP contribution in [0.4, 0.5) is 0 Å². The van der Waals surface area contributed by atoms with E-state index in [-0.39, 0.29) is 6.61 Å². The summed E-state index contributed by atoms with van der Waals surface area (Å²) in [5.74, 6) is 0. The fourth-order valence-corrected chi connectivity index (χ4v) is 4.09. The Bertz CT molecular complexity index is 804. The van der Waals surface area contributed by atoms with Crippen molar-refractivity contribution >= 4 is 0 Å². The summed E-state index contributed by atoms with van der Waals surface area (Å²) in [6.07, 6.45) is 30.1. The van der Waals surface area contributed by atoms with E-state index in [2.05, 4.69) is 91.8 Å². The van der Waals surface area contributed by atoms with Gasteiger partial charge in [-0.25, -0.2) is 0 Å². The van der Waals surface area contributed by atoms with Crippen LogP contribution < -0.4 is 0 Å². The van der Waals surface area contributed by atoms with Gasteiger partial charge in [0, 0.05) is 0 Å². The van der Waals surface area contributed by atoms with Crippen LogP contribution in [-0.4, -0.2) is 11.7 Å². The highest BCUT2D eigenvalue weighted by Gasteiger charge is 1.96. The zero-order valence-corrected chi connectivity index (χ0v) is 25.2. The summed E-state index contributed by atoms with van der Waals surface area (Å²) in [4.78, 5) is 0. The van der Waals surface area contributed by atoms with Crippen molar-refractivity contribution in [3.8, 4) is 0 Å². The molecule has 204 valence electrons. The third-order valence-corrected chi connectivity index (χ3v) is 6.69. The predicted octanol–water partition coefficient (Wildman–Crippen LogP) is 11.3. The summed E-state index contributed by atoms with van der Waals surface area (Å²) in [6.45, 7) is 17.9. The van der Waals surface area contributed by atoms with Gasteiger partial charge in [-0.3, -0.25) is 0 Å². The molecule has 0 saturated carbocycles. The number of hydrogen-bond acceptors (Lipinski definition) is 1. The molecular weight excluding hydrogens is 436 g/mol. The normalized spacial score (nSPS) is 14.5. The van der Waals surface area contributed by atoms with Gasteiger partial charge < -0.3 is 5.11 Å². The van der Waals surface area contributed by atoms with E-state index >= 15 is 0 Å². The van der Waals surface area contributed by atoms with Crippen molar-refractivity contribution in [3.63, 3.8) is 0 Å². The molecule has 0 atom stereocenters. The topological polar surface area (TPSA) is 20.2 Å². The maximum absolute atomic E-state index is 8.93. The van der Waals surface area contributed by atoms with Crippen molar-refractivity contribution in [2.24, 2.45) is 0 Å². The smallest absolute Gasteiger partial charge is 0.0614 e. The Balaban J connectivity index is 4.14. The third-order valence-electron chi connectivity index (χ3n) is 6.69. The van der Waals surface area contributed by atoms with E-state index in [0.29, 0.717) is 0 Å². The lowest BCUT2D eigenvalue weighted by molar-refractivity contribution is 0.341. The molecule has 1 heteroatoms. The minimum atomic E-state index is 0.152. The molecule has 0 fully saturated rings.